The second-order valence-corrected chi connectivity index (χ2v) is 6.91. The van der Waals surface area contributed by atoms with Crippen molar-refractivity contribution in [3.8, 4) is 17.1 Å². The summed E-state index contributed by atoms with van der Waals surface area (Å²) >= 11 is 0. The third-order valence-electron chi connectivity index (χ3n) is 4.94. The van der Waals surface area contributed by atoms with Crippen LogP contribution in [0.15, 0.2) is 53.1 Å². The van der Waals surface area contributed by atoms with Gasteiger partial charge in [0.1, 0.15) is 11.6 Å². The van der Waals surface area contributed by atoms with E-state index in [9.17, 15) is 9.18 Å². The Balaban J connectivity index is 1.42. The zero-order valence-corrected chi connectivity index (χ0v) is 16.0. The first-order chi connectivity index (χ1) is 14.1. The van der Waals surface area contributed by atoms with Crippen molar-refractivity contribution in [1.82, 2.24) is 10.1 Å². The molecule has 1 aliphatic heterocycles. The van der Waals surface area contributed by atoms with Crippen LogP contribution in [0.3, 0.4) is 0 Å². The van der Waals surface area contributed by atoms with Gasteiger partial charge in [0.05, 0.1) is 13.0 Å². The molecule has 29 heavy (non-hydrogen) atoms. The molecule has 7 nitrogen and oxygen atoms in total. The summed E-state index contributed by atoms with van der Waals surface area (Å²) in [5, 5.41) is 6.90. The molecule has 1 N–H and O–H groups in total. The molecule has 2 heterocycles. The van der Waals surface area contributed by atoms with Gasteiger partial charge in [-0.15, -0.1) is 0 Å². The van der Waals surface area contributed by atoms with Crippen LogP contribution in [0.4, 0.5) is 16.1 Å². The van der Waals surface area contributed by atoms with Crippen LogP contribution in [-0.4, -0.2) is 36.2 Å². The van der Waals surface area contributed by atoms with Crippen LogP contribution in [0, 0.1) is 11.7 Å². The van der Waals surface area contributed by atoms with Gasteiger partial charge in [0, 0.05) is 24.3 Å². The van der Waals surface area contributed by atoms with E-state index in [2.05, 4.69) is 15.5 Å². The number of amides is 1. The quantitative estimate of drug-likeness (QED) is 0.708. The Morgan fingerprint density at radius 3 is 2.69 bits per heavy atom. The summed E-state index contributed by atoms with van der Waals surface area (Å²) in [6, 6.07) is 13.5. The van der Waals surface area contributed by atoms with E-state index >= 15 is 0 Å². The van der Waals surface area contributed by atoms with Crippen LogP contribution >= 0.6 is 0 Å². The predicted molar refractivity (Wildman–Crippen MR) is 106 cm³/mol. The first kappa shape index (κ1) is 18.9. The molecule has 1 saturated heterocycles. The zero-order valence-electron chi connectivity index (χ0n) is 16.0. The largest absolute Gasteiger partial charge is 0.497 e. The lowest BCUT2D eigenvalue weighted by Gasteiger charge is -2.30. The van der Waals surface area contributed by atoms with Crippen molar-refractivity contribution in [3.05, 3.63) is 54.3 Å². The number of ether oxygens (including phenoxy) is 1. The van der Waals surface area contributed by atoms with Crippen LogP contribution in [0.5, 0.6) is 5.75 Å². The molecule has 1 amide bonds. The molecule has 2 aromatic carbocycles. The molecule has 0 saturated carbocycles. The van der Waals surface area contributed by atoms with Crippen molar-refractivity contribution in [1.29, 1.82) is 0 Å². The molecule has 1 aliphatic rings. The smallest absolute Gasteiger partial charge is 0.324 e. The van der Waals surface area contributed by atoms with Gasteiger partial charge >= 0.3 is 6.01 Å². The topological polar surface area (TPSA) is 80.5 Å². The highest BCUT2D eigenvalue weighted by Crippen LogP contribution is 2.26. The molecule has 8 heteroatoms. The van der Waals surface area contributed by atoms with Crippen LogP contribution in [0.1, 0.15) is 12.8 Å². The Morgan fingerprint density at radius 1 is 1.21 bits per heavy atom. The fourth-order valence-electron chi connectivity index (χ4n) is 3.34. The predicted octanol–water partition coefficient (Wildman–Crippen LogP) is 3.74. The second-order valence-electron chi connectivity index (χ2n) is 6.91. The average Bonchev–Trinajstić information content (AvgIpc) is 3.26. The molecule has 150 valence electrons. The fourth-order valence-corrected chi connectivity index (χ4v) is 3.34. The molecule has 1 fully saturated rings. The summed E-state index contributed by atoms with van der Waals surface area (Å²) in [5.74, 6) is 0.585. The summed E-state index contributed by atoms with van der Waals surface area (Å²) in [6.07, 6.45) is 1.60. The number of halogens is 1. The minimum absolute atomic E-state index is 0.101. The van der Waals surface area contributed by atoms with Gasteiger partial charge in [-0.2, -0.15) is 4.98 Å². The maximum atomic E-state index is 13.0. The highest BCUT2D eigenvalue weighted by Gasteiger charge is 2.28. The first-order valence-electron chi connectivity index (χ1n) is 9.42. The Kier molecular flexibility index (Phi) is 5.41. The summed E-state index contributed by atoms with van der Waals surface area (Å²) in [7, 11) is 1.61. The van der Waals surface area contributed by atoms with Gasteiger partial charge in [0.2, 0.25) is 11.7 Å². The number of nitrogens with one attached hydrogen (secondary N) is 1. The van der Waals surface area contributed by atoms with Crippen molar-refractivity contribution >= 4 is 17.6 Å². The normalized spacial score (nSPS) is 16.5. The van der Waals surface area contributed by atoms with Crippen molar-refractivity contribution in [3.63, 3.8) is 0 Å². The van der Waals surface area contributed by atoms with Gasteiger partial charge in [-0.25, -0.2) is 4.39 Å². The number of carbonyl (C=O) groups is 1. The van der Waals surface area contributed by atoms with Crippen LogP contribution < -0.4 is 15.0 Å². The number of hydrogen-bond acceptors (Lipinski definition) is 6. The fraction of sp³-hybridized carbons (Fsp3) is 0.286. The number of rotatable bonds is 5. The maximum absolute atomic E-state index is 13.0. The zero-order chi connectivity index (χ0) is 20.2. The lowest BCUT2D eigenvalue weighted by molar-refractivity contribution is -0.120. The van der Waals surface area contributed by atoms with Crippen LogP contribution in [0.2, 0.25) is 0 Å². The van der Waals surface area contributed by atoms with Gasteiger partial charge < -0.3 is 19.5 Å². The molecule has 1 aromatic heterocycles. The first-order valence-corrected chi connectivity index (χ1v) is 9.42. The van der Waals surface area contributed by atoms with E-state index in [0.29, 0.717) is 24.1 Å². The number of carbonyl (C=O) groups excluding carboxylic acids is 1. The van der Waals surface area contributed by atoms with Crippen molar-refractivity contribution in [2.45, 2.75) is 12.8 Å². The lowest BCUT2D eigenvalue weighted by atomic mass is 9.97. The summed E-state index contributed by atoms with van der Waals surface area (Å²) in [4.78, 5) is 19.0. The van der Waals surface area contributed by atoms with Crippen molar-refractivity contribution < 1.29 is 18.4 Å². The Morgan fingerprint density at radius 2 is 1.97 bits per heavy atom. The van der Waals surface area contributed by atoms with Gasteiger partial charge in [-0.05, 0) is 61.4 Å². The molecule has 1 atom stereocenters. The molecule has 4 rings (SSSR count). The monoisotopic (exact) mass is 396 g/mol. The van der Waals surface area contributed by atoms with Crippen molar-refractivity contribution in [2.24, 2.45) is 5.92 Å². The van der Waals surface area contributed by atoms with E-state index < -0.39 is 0 Å². The molecule has 3 aromatic rings. The maximum Gasteiger partial charge on any atom is 0.324 e. The summed E-state index contributed by atoms with van der Waals surface area (Å²) in [6.45, 7) is 1.22. The second kappa shape index (κ2) is 8.30. The highest BCUT2D eigenvalue weighted by molar-refractivity contribution is 5.93. The average molecular weight is 396 g/mol. The highest BCUT2D eigenvalue weighted by atomic mass is 19.1. The number of methoxy groups -OCH3 is 1. The van der Waals surface area contributed by atoms with E-state index in [4.69, 9.17) is 9.26 Å². The van der Waals surface area contributed by atoms with Gasteiger partial charge in [-0.3, -0.25) is 4.79 Å². The number of hydrogen-bond donors (Lipinski definition) is 1. The Bertz CT molecular complexity index is 972. The molecule has 0 spiro atoms. The summed E-state index contributed by atoms with van der Waals surface area (Å²) in [5.41, 5.74) is 1.40. The van der Waals surface area contributed by atoms with Crippen LogP contribution in [0.25, 0.3) is 11.4 Å². The number of anilines is 2. The van der Waals surface area contributed by atoms with E-state index in [-0.39, 0.29) is 17.6 Å². The third-order valence-corrected chi connectivity index (χ3v) is 4.94. The Labute approximate surface area is 167 Å². The van der Waals surface area contributed by atoms with E-state index in [1.807, 2.05) is 29.2 Å². The van der Waals surface area contributed by atoms with Crippen LogP contribution in [-0.2, 0) is 4.79 Å². The number of piperidine rings is 1. The molecule has 0 aliphatic carbocycles. The Hall–Kier alpha value is -3.42. The summed E-state index contributed by atoms with van der Waals surface area (Å²) < 4.78 is 23.6. The molecular formula is C21H21FN4O3. The third kappa shape index (κ3) is 4.37. The van der Waals surface area contributed by atoms with Gasteiger partial charge in [0.25, 0.3) is 0 Å². The van der Waals surface area contributed by atoms with Crippen molar-refractivity contribution in [2.75, 3.05) is 30.4 Å². The standard InChI is InChI=1S/C21H21FN4O3/c1-28-18-10-4-14(5-11-18)19-24-21(29-25-19)26-12-2-3-15(13-26)20(27)23-17-8-6-16(22)7-9-17/h4-11,15H,2-3,12-13H2,1H3,(H,23,27)/t15-/m1/s1. The minimum atomic E-state index is -0.337. The SMILES string of the molecule is COc1ccc(-c2noc(N3CCC[C@@H](C(=O)Nc4ccc(F)cc4)C3)n2)cc1. The minimum Gasteiger partial charge on any atom is -0.497 e. The van der Waals surface area contributed by atoms with E-state index in [0.717, 1.165) is 30.7 Å². The van der Waals surface area contributed by atoms with Gasteiger partial charge in [0.15, 0.2) is 0 Å². The molecule has 0 radical (unpaired) electrons. The lowest BCUT2D eigenvalue weighted by Crippen LogP contribution is -2.41. The number of nitrogens with zero attached hydrogens (tertiary/aromatic N) is 3. The molecule has 0 unspecified atom stereocenters. The number of aromatic nitrogens is 2. The van der Waals surface area contributed by atoms with E-state index in [1.165, 1.54) is 12.1 Å². The van der Waals surface area contributed by atoms with E-state index in [1.54, 1.807) is 19.2 Å². The number of benzene rings is 2. The molecular weight excluding hydrogens is 375 g/mol. The van der Waals surface area contributed by atoms with Gasteiger partial charge in [-0.1, -0.05) is 5.16 Å². The molecule has 0 bridgehead atoms.